The van der Waals surface area contributed by atoms with E-state index in [4.69, 9.17) is 21.7 Å². The molecule has 1 heterocycles. The van der Waals surface area contributed by atoms with E-state index in [1.807, 2.05) is 30.3 Å². The van der Waals surface area contributed by atoms with Crippen LogP contribution in [0.2, 0.25) is 0 Å². The van der Waals surface area contributed by atoms with Gasteiger partial charge >= 0.3 is 5.97 Å². The van der Waals surface area contributed by atoms with Gasteiger partial charge in [0.2, 0.25) is 0 Å². The molecule has 176 valence electrons. The Morgan fingerprint density at radius 3 is 2.46 bits per heavy atom. The summed E-state index contributed by atoms with van der Waals surface area (Å²) in [5.41, 5.74) is 1.67. The normalized spacial score (nSPS) is 14.3. The van der Waals surface area contributed by atoms with Crippen molar-refractivity contribution in [2.75, 3.05) is 7.11 Å². The van der Waals surface area contributed by atoms with E-state index in [1.165, 1.54) is 43.1 Å². The van der Waals surface area contributed by atoms with Crippen molar-refractivity contribution < 1.29 is 24.0 Å². The molecule has 0 unspecified atom stereocenters. The van der Waals surface area contributed by atoms with Gasteiger partial charge in [0, 0.05) is 12.1 Å². The number of hydrogen-bond donors (Lipinski definition) is 0. The lowest BCUT2D eigenvalue weighted by molar-refractivity contribution is -0.384. The largest absolute Gasteiger partial charge is 0.493 e. The maximum absolute atomic E-state index is 12.9. The van der Waals surface area contributed by atoms with Crippen molar-refractivity contribution in [1.82, 2.24) is 4.90 Å². The molecule has 1 saturated heterocycles. The molecule has 0 saturated carbocycles. The molecule has 0 aromatic heterocycles. The number of methoxy groups -OCH3 is 1. The zero-order valence-electron chi connectivity index (χ0n) is 18.4. The Labute approximate surface area is 210 Å². The van der Waals surface area contributed by atoms with Gasteiger partial charge in [0.15, 0.2) is 11.5 Å². The van der Waals surface area contributed by atoms with E-state index in [1.54, 1.807) is 29.2 Å². The average molecular weight is 507 g/mol. The van der Waals surface area contributed by atoms with Crippen LogP contribution in [0.1, 0.15) is 21.5 Å². The topological polar surface area (TPSA) is 99.0 Å². The maximum atomic E-state index is 12.9. The summed E-state index contributed by atoms with van der Waals surface area (Å²) < 4.78 is 11.3. The maximum Gasteiger partial charge on any atom is 0.343 e. The number of nitro groups is 1. The van der Waals surface area contributed by atoms with E-state index in [9.17, 15) is 19.7 Å². The highest BCUT2D eigenvalue weighted by atomic mass is 32.2. The number of carbonyl (C=O) groups excluding carboxylic acids is 2. The first kappa shape index (κ1) is 24.1. The molecule has 0 bridgehead atoms. The predicted octanol–water partition coefficient (Wildman–Crippen LogP) is 5.22. The highest BCUT2D eigenvalue weighted by Crippen LogP contribution is 2.35. The van der Waals surface area contributed by atoms with Crippen LogP contribution in [-0.2, 0) is 11.3 Å². The van der Waals surface area contributed by atoms with Gasteiger partial charge in [-0.2, -0.15) is 0 Å². The first-order valence-electron chi connectivity index (χ1n) is 10.3. The molecule has 1 amide bonds. The van der Waals surface area contributed by atoms with Crippen molar-refractivity contribution >= 4 is 51.9 Å². The number of amides is 1. The van der Waals surface area contributed by atoms with Gasteiger partial charge in [-0.3, -0.25) is 19.8 Å². The van der Waals surface area contributed by atoms with Crippen LogP contribution in [0.15, 0.2) is 77.7 Å². The van der Waals surface area contributed by atoms with Crippen molar-refractivity contribution in [3.8, 4) is 11.5 Å². The number of nitro benzene ring substituents is 1. The molecule has 3 aromatic rings. The molecule has 1 aliphatic rings. The first-order valence-corrected chi connectivity index (χ1v) is 11.5. The van der Waals surface area contributed by atoms with E-state index in [-0.39, 0.29) is 28.7 Å². The van der Waals surface area contributed by atoms with Gasteiger partial charge in [0.25, 0.3) is 11.6 Å². The van der Waals surface area contributed by atoms with Crippen LogP contribution in [0.4, 0.5) is 5.69 Å². The van der Waals surface area contributed by atoms with Crippen LogP contribution in [-0.4, -0.2) is 33.1 Å². The van der Waals surface area contributed by atoms with Crippen molar-refractivity contribution in [3.63, 3.8) is 0 Å². The summed E-state index contributed by atoms with van der Waals surface area (Å²) >= 11 is 6.62. The van der Waals surface area contributed by atoms with Crippen LogP contribution in [0.25, 0.3) is 6.08 Å². The van der Waals surface area contributed by atoms with Gasteiger partial charge in [-0.25, -0.2) is 4.79 Å². The minimum Gasteiger partial charge on any atom is -0.493 e. The number of thioether (sulfide) groups is 1. The van der Waals surface area contributed by atoms with Gasteiger partial charge in [-0.1, -0.05) is 60.4 Å². The molecule has 0 atom stereocenters. The predicted molar refractivity (Wildman–Crippen MR) is 136 cm³/mol. The number of rotatable bonds is 7. The quantitative estimate of drug-likeness (QED) is 0.107. The van der Waals surface area contributed by atoms with Crippen LogP contribution in [0, 0.1) is 10.1 Å². The number of thiocarbonyl (C=S) groups is 1. The minimum atomic E-state index is -0.687. The summed E-state index contributed by atoms with van der Waals surface area (Å²) in [6.45, 7) is 0.393. The fraction of sp³-hybridized carbons (Fsp3) is 0.0800. The van der Waals surface area contributed by atoms with E-state index in [0.29, 0.717) is 21.3 Å². The van der Waals surface area contributed by atoms with Crippen LogP contribution in [0.5, 0.6) is 11.5 Å². The summed E-state index contributed by atoms with van der Waals surface area (Å²) in [7, 11) is 1.43. The first-order chi connectivity index (χ1) is 16.9. The summed E-state index contributed by atoms with van der Waals surface area (Å²) in [6.07, 6.45) is 1.70. The fourth-order valence-corrected chi connectivity index (χ4v) is 4.55. The Balaban J connectivity index is 1.50. The third-order valence-electron chi connectivity index (χ3n) is 5.06. The van der Waals surface area contributed by atoms with Crippen molar-refractivity contribution in [2.45, 2.75) is 6.54 Å². The zero-order chi connectivity index (χ0) is 24.9. The second-order valence-electron chi connectivity index (χ2n) is 7.36. The van der Waals surface area contributed by atoms with Crippen molar-refractivity contribution in [2.24, 2.45) is 0 Å². The molecule has 4 rings (SSSR count). The van der Waals surface area contributed by atoms with Gasteiger partial charge < -0.3 is 9.47 Å². The van der Waals surface area contributed by atoms with Crippen molar-refractivity contribution in [1.29, 1.82) is 0 Å². The molecule has 1 aliphatic heterocycles. The smallest absolute Gasteiger partial charge is 0.343 e. The summed E-state index contributed by atoms with van der Waals surface area (Å²) in [5.74, 6) is -0.414. The molecule has 0 radical (unpaired) electrons. The molecule has 3 aromatic carbocycles. The lowest BCUT2D eigenvalue weighted by Crippen LogP contribution is -2.27. The van der Waals surface area contributed by atoms with E-state index < -0.39 is 10.9 Å². The molecular formula is C25H18N2O6S2. The monoisotopic (exact) mass is 506 g/mol. The average Bonchev–Trinajstić information content (AvgIpc) is 3.12. The van der Waals surface area contributed by atoms with Gasteiger partial charge in [-0.05, 0) is 41.5 Å². The Morgan fingerprint density at radius 2 is 1.80 bits per heavy atom. The Morgan fingerprint density at radius 1 is 1.09 bits per heavy atom. The van der Waals surface area contributed by atoms with Crippen LogP contribution < -0.4 is 9.47 Å². The molecule has 10 heteroatoms. The number of non-ortho nitro benzene ring substituents is 1. The SMILES string of the molecule is COc1cc(/C=C2\SC(=S)N(Cc3ccccc3)C2=O)ccc1OC(=O)c1ccc([N+](=O)[O-])cc1. The third kappa shape index (κ3) is 5.56. The zero-order valence-corrected chi connectivity index (χ0v) is 20.0. The minimum absolute atomic E-state index is 0.127. The number of nitrogens with zero attached hydrogens (tertiary/aromatic N) is 2. The standard InChI is InChI=1S/C25H18N2O6S2/c1-32-21-13-17(7-12-20(21)33-24(29)18-8-10-19(11-9-18)27(30)31)14-22-23(28)26(25(34)35-22)15-16-5-3-2-4-6-16/h2-14H,15H2,1H3/b22-14-. The Bertz CT molecular complexity index is 1340. The number of carbonyl (C=O) groups is 2. The second-order valence-corrected chi connectivity index (χ2v) is 9.03. The van der Waals surface area contributed by atoms with Crippen LogP contribution >= 0.6 is 24.0 Å². The fourth-order valence-electron chi connectivity index (χ4n) is 3.29. The van der Waals surface area contributed by atoms with Gasteiger partial charge in [0.05, 0.1) is 29.0 Å². The molecule has 1 fully saturated rings. The molecule has 35 heavy (non-hydrogen) atoms. The van der Waals surface area contributed by atoms with Gasteiger partial charge in [-0.15, -0.1) is 0 Å². The van der Waals surface area contributed by atoms with Crippen molar-refractivity contribution in [3.05, 3.63) is 105 Å². The lowest BCUT2D eigenvalue weighted by atomic mass is 10.1. The van der Waals surface area contributed by atoms with E-state index in [0.717, 1.165) is 5.56 Å². The highest BCUT2D eigenvalue weighted by Gasteiger charge is 2.32. The summed E-state index contributed by atoms with van der Waals surface area (Å²) in [6, 6.07) is 19.6. The molecule has 0 spiro atoms. The highest BCUT2D eigenvalue weighted by molar-refractivity contribution is 8.26. The second kappa shape index (κ2) is 10.5. The number of hydrogen-bond acceptors (Lipinski definition) is 8. The van der Waals surface area contributed by atoms with Gasteiger partial charge in [0.1, 0.15) is 4.32 Å². The Kier molecular flexibility index (Phi) is 7.23. The Hall–Kier alpha value is -4.02. The molecule has 0 N–H and O–H groups in total. The number of ether oxygens (including phenoxy) is 2. The number of esters is 1. The van der Waals surface area contributed by atoms with E-state index >= 15 is 0 Å². The van der Waals surface area contributed by atoms with E-state index in [2.05, 4.69) is 0 Å². The molecular weight excluding hydrogens is 488 g/mol. The lowest BCUT2D eigenvalue weighted by Gasteiger charge is -2.14. The molecule has 0 aliphatic carbocycles. The summed E-state index contributed by atoms with van der Waals surface area (Å²) in [4.78, 5) is 37.7. The van der Waals surface area contributed by atoms with Crippen LogP contribution in [0.3, 0.4) is 0 Å². The summed E-state index contributed by atoms with van der Waals surface area (Å²) in [5, 5.41) is 10.8. The molecule has 8 nitrogen and oxygen atoms in total. The number of benzene rings is 3. The third-order valence-corrected chi connectivity index (χ3v) is 6.44.